The van der Waals surface area contributed by atoms with E-state index in [0.29, 0.717) is 5.92 Å². The summed E-state index contributed by atoms with van der Waals surface area (Å²) in [7, 11) is 0. The molecule has 5 rings (SSSR count). The maximum absolute atomic E-state index is 5.50. The number of hydrogen-bond acceptors (Lipinski definition) is 6. The molecule has 1 atom stereocenters. The fourth-order valence-corrected chi connectivity index (χ4v) is 5.16. The predicted octanol–water partition coefficient (Wildman–Crippen LogP) is 2.68. The van der Waals surface area contributed by atoms with Gasteiger partial charge in [0.05, 0.1) is 19.4 Å². The summed E-state index contributed by atoms with van der Waals surface area (Å²) in [5.74, 6) is 1.68. The Hall–Kier alpha value is -1.99. The van der Waals surface area contributed by atoms with Crippen molar-refractivity contribution < 1.29 is 4.74 Å². The molecule has 7 nitrogen and oxygen atoms in total. The monoisotopic (exact) mass is 396 g/mol. The van der Waals surface area contributed by atoms with Crippen LogP contribution in [-0.2, 0) is 24.1 Å². The third kappa shape index (κ3) is 4.16. The van der Waals surface area contributed by atoms with E-state index in [2.05, 4.69) is 25.0 Å². The molecule has 0 spiro atoms. The van der Waals surface area contributed by atoms with E-state index in [1.165, 1.54) is 60.4 Å². The van der Waals surface area contributed by atoms with Crippen molar-refractivity contribution in [1.82, 2.24) is 25.1 Å². The molecule has 0 saturated carbocycles. The molecule has 7 heteroatoms. The lowest BCUT2D eigenvalue weighted by Crippen LogP contribution is -2.37. The number of piperidine rings is 1. The standard InChI is InChI=1S/C22H32N6O/c1-2-6-19-20(7-3-1)23-16-24-22(19)28-8-4-5-17(15-28)21-18(13-25-26-21)14-27-9-11-29-12-10-27/h13,16-17H,1-12,14-15H2,(H,25,26)/t17-/m1/s1. The smallest absolute Gasteiger partial charge is 0.135 e. The average molecular weight is 397 g/mol. The highest BCUT2D eigenvalue weighted by molar-refractivity contribution is 5.50. The number of nitrogens with one attached hydrogen (secondary N) is 1. The van der Waals surface area contributed by atoms with E-state index in [1.807, 2.05) is 6.20 Å². The number of H-pyrrole nitrogens is 1. The number of aromatic nitrogens is 4. The highest BCUT2D eigenvalue weighted by Gasteiger charge is 2.28. The van der Waals surface area contributed by atoms with Gasteiger partial charge >= 0.3 is 0 Å². The number of hydrogen-bond donors (Lipinski definition) is 1. The average Bonchev–Trinajstić information content (AvgIpc) is 3.09. The van der Waals surface area contributed by atoms with E-state index >= 15 is 0 Å². The minimum absolute atomic E-state index is 0.485. The summed E-state index contributed by atoms with van der Waals surface area (Å²) in [6.07, 6.45) is 12.3. The number of aromatic amines is 1. The van der Waals surface area contributed by atoms with Gasteiger partial charge in [0.15, 0.2) is 0 Å². The second-order valence-corrected chi connectivity index (χ2v) is 8.67. The molecule has 2 aliphatic heterocycles. The Kier molecular flexibility index (Phi) is 5.76. The third-order valence-corrected chi connectivity index (χ3v) is 6.73. The lowest BCUT2D eigenvalue weighted by Gasteiger charge is -2.35. The van der Waals surface area contributed by atoms with Gasteiger partial charge in [-0.2, -0.15) is 5.10 Å². The molecule has 0 radical (unpaired) electrons. The van der Waals surface area contributed by atoms with Crippen molar-refractivity contribution in [2.45, 2.75) is 57.4 Å². The maximum atomic E-state index is 5.50. The Morgan fingerprint density at radius 2 is 1.93 bits per heavy atom. The van der Waals surface area contributed by atoms with Gasteiger partial charge in [-0.05, 0) is 38.5 Å². The summed E-state index contributed by atoms with van der Waals surface area (Å²) < 4.78 is 5.50. The largest absolute Gasteiger partial charge is 0.379 e. The SMILES string of the molecule is c1nc2c(c(N3CCC[C@@H](c4[nH]ncc4CN4CCOCC4)C3)n1)CCCCC2. The van der Waals surface area contributed by atoms with E-state index in [4.69, 9.17) is 9.72 Å². The number of aryl methyl sites for hydroxylation is 1. The Balaban J connectivity index is 1.34. The Bertz CT molecular complexity index is 815. The van der Waals surface area contributed by atoms with Crippen LogP contribution in [0.1, 0.15) is 60.5 Å². The van der Waals surface area contributed by atoms with Crippen LogP contribution in [0.3, 0.4) is 0 Å². The van der Waals surface area contributed by atoms with Crippen molar-refractivity contribution in [3.63, 3.8) is 0 Å². The molecule has 2 aromatic heterocycles. The van der Waals surface area contributed by atoms with Crippen molar-refractivity contribution in [3.8, 4) is 0 Å². The molecule has 2 saturated heterocycles. The summed E-state index contributed by atoms with van der Waals surface area (Å²) in [6, 6.07) is 0. The van der Waals surface area contributed by atoms with Gasteiger partial charge in [0.2, 0.25) is 0 Å². The molecule has 0 amide bonds. The van der Waals surface area contributed by atoms with Crippen LogP contribution in [0.5, 0.6) is 0 Å². The van der Waals surface area contributed by atoms with E-state index in [9.17, 15) is 0 Å². The van der Waals surface area contributed by atoms with Gasteiger partial charge in [0.25, 0.3) is 0 Å². The molecule has 4 heterocycles. The molecule has 0 bridgehead atoms. The van der Waals surface area contributed by atoms with E-state index in [1.54, 1.807) is 6.33 Å². The minimum atomic E-state index is 0.485. The summed E-state index contributed by atoms with van der Waals surface area (Å²) in [5, 5.41) is 7.76. The zero-order valence-electron chi connectivity index (χ0n) is 17.3. The van der Waals surface area contributed by atoms with Crippen molar-refractivity contribution in [1.29, 1.82) is 0 Å². The first-order chi connectivity index (χ1) is 14.4. The Labute approximate surface area is 172 Å². The van der Waals surface area contributed by atoms with Crippen LogP contribution in [0, 0.1) is 0 Å². The maximum Gasteiger partial charge on any atom is 0.135 e. The molecule has 156 valence electrons. The van der Waals surface area contributed by atoms with Crippen LogP contribution in [0.2, 0.25) is 0 Å². The first-order valence-electron chi connectivity index (χ1n) is 11.3. The van der Waals surface area contributed by atoms with Gasteiger partial charge in [-0.15, -0.1) is 0 Å². The highest BCUT2D eigenvalue weighted by Crippen LogP contribution is 2.33. The molecule has 0 unspecified atom stereocenters. The zero-order valence-corrected chi connectivity index (χ0v) is 17.3. The number of nitrogens with zero attached hydrogens (tertiary/aromatic N) is 5. The van der Waals surface area contributed by atoms with Gasteiger partial charge in [0.1, 0.15) is 12.1 Å². The fourth-order valence-electron chi connectivity index (χ4n) is 5.16. The minimum Gasteiger partial charge on any atom is -0.379 e. The Morgan fingerprint density at radius 1 is 1.03 bits per heavy atom. The number of rotatable bonds is 4. The number of anilines is 1. The molecule has 3 aliphatic rings. The summed E-state index contributed by atoms with van der Waals surface area (Å²) in [5.41, 5.74) is 5.36. The lowest BCUT2D eigenvalue weighted by molar-refractivity contribution is 0.0340. The van der Waals surface area contributed by atoms with Crippen molar-refractivity contribution >= 4 is 5.82 Å². The molecular formula is C22H32N6O. The zero-order chi connectivity index (χ0) is 19.5. The van der Waals surface area contributed by atoms with Crippen LogP contribution < -0.4 is 4.90 Å². The second kappa shape index (κ2) is 8.79. The lowest BCUT2D eigenvalue weighted by atomic mass is 9.92. The highest BCUT2D eigenvalue weighted by atomic mass is 16.5. The fraction of sp³-hybridized carbons (Fsp3) is 0.682. The second-order valence-electron chi connectivity index (χ2n) is 8.67. The number of ether oxygens (including phenoxy) is 1. The summed E-state index contributed by atoms with van der Waals surface area (Å²) >= 11 is 0. The van der Waals surface area contributed by atoms with Gasteiger partial charge in [-0.25, -0.2) is 9.97 Å². The van der Waals surface area contributed by atoms with Crippen LogP contribution in [0.4, 0.5) is 5.82 Å². The summed E-state index contributed by atoms with van der Waals surface area (Å²) in [4.78, 5) is 14.4. The van der Waals surface area contributed by atoms with Gasteiger partial charge in [-0.1, -0.05) is 6.42 Å². The van der Waals surface area contributed by atoms with Crippen molar-refractivity contribution in [2.24, 2.45) is 0 Å². The number of fused-ring (bicyclic) bond motifs is 1. The van der Waals surface area contributed by atoms with E-state index < -0.39 is 0 Å². The predicted molar refractivity (Wildman–Crippen MR) is 112 cm³/mol. The molecule has 0 aromatic carbocycles. The third-order valence-electron chi connectivity index (χ3n) is 6.73. The molecule has 1 aliphatic carbocycles. The van der Waals surface area contributed by atoms with Crippen molar-refractivity contribution in [3.05, 3.63) is 35.0 Å². The van der Waals surface area contributed by atoms with Crippen molar-refractivity contribution in [2.75, 3.05) is 44.3 Å². The normalized spacial score (nSPS) is 23.6. The number of morpholine rings is 1. The molecule has 2 fully saturated rings. The van der Waals surface area contributed by atoms with Gasteiger partial charge < -0.3 is 9.64 Å². The van der Waals surface area contributed by atoms with E-state index in [0.717, 1.165) is 58.8 Å². The quantitative estimate of drug-likeness (QED) is 0.802. The topological polar surface area (TPSA) is 70.2 Å². The molecule has 2 aromatic rings. The van der Waals surface area contributed by atoms with Gasteiger partial charge in [-0.3, -0.25) is 10.00 Å². The van der Waals surface area contributed by atoms with Crippen LogP contribution >= 0.6 is 0 Å². The van der Waals surface area contributed by atoms with Crippen LogP contribution in [0.25, 0.3) is 0 Å². The first kappa shape index (κ1) is 19.0. The first-order valence-corrected chi connectivity index (χ1v) is 11.3. The summed E-state index contributed by atoms with van der Waals surface area (Å²) in [6.45, 7) is 6.76. The molecular weight excluding hydrogens is 364 g/mol. The molecule has 1 N–H and O–H groups in total. The van der Waals surface area contributed by atoms with Crippen LogP contribution in [0.15, 0.2) is 12.5 Å². The van der Waals surface area contributed by atoms with Gasteiger partial charge in [0, 0.05) is 61.2 Å². The van der Waals surface area contributed by atoms with E-state index in [-0.39, 0.29) is 0 Å². The Morgan fingerprint density at radius 3 is 2.86 bits per heavy atom. The molecule has 29 heavy (non-hydrogen) atoms. The van der Waals surface area contributed by atoms with Crippen LogP contribution in [-0.4, -0.2) is 64.5 Å².